The molecule has 7 heteroatoms. The van der Waals surface area contributed by atoms with E-state index in [-0.39, 0.29) is 18.5 Å². The Morgan fingerprint density at radius 3 is 2.74 bits per heavy atom. The molecule has 0 aliphatic heterocycles. The molecule has 1 aromatic heterocycles. The molecule has 1 aromatic carbocycles. The monoisotopic (exact) mass is 326 g/mol. The number of hydrogen-bond donors (Lipinski definition) is 1. The van der Waals surface area contributed by atoms with Crippen LogP contribution < -0.4 is 0 Å². The van der Waals surface area contributed by atoms with Gasteiger partial charge in [0, 0.05) is 22.3 Å². The molecule has 0 spiro atoms. The van der Waals surface area contributed by atoms with E-state index < -0.39 is 5.97 Å². The minimum absolute atomic E-state index is 0.0638. The highest BCUT2D eigenvalue weighted by molar-refractivity contribution is 6.30. The van der Waals surface area contributed by atoms with Gasteiger partial charge >= 0.3 is 5.97 Å². The van der Waals surface area contributed by atoms with Gasteiger partial charge in [-0.3, -0.25) is 9.48 Å². The zero-order chi connectivity index (χ0) is 16.8. The Balaban J connectivity index is 2.50. The normalized spacial score (nSPS) is 9.70. The summed E-state index contributed by atoms with van der Waals surface area (Å²) in [5.74, 6) is -0.934. The molecule has 0 unspecified atom stereocenters. The predicted octanol–water partition coefficient (Wildman–Crippen LogP) is 3.11. The number of rotatable bonds is 5. The Morgan fingerprint density at radius 1 is 1.39 bits per heavy atom. The van der Waals surface area contributed by atoms with Crippen molar-refractivity contribution in [2.45, 2.75) is 13.0 Å². The summed E-state index contributed by atoms with van der Waals surface area (Å²) in [5, 5.41) is 31.5. The highest BCUT2D eigenvalue weighted by Gasteiger charge is 2.12. The molecule has 1 N–H and O–H groups in total. The number of aryl methyl sites for hydroxylation is 1. The van der Waals surface area contributed by atoms with E-state index in [1.165, 1.54) is 10.8 Å². The lowest BCUT2D eigenvalue weighted by Crippen LogP contribution is -2.04. The molecule has 0 amide bonds. The molecule has 2 aromatic rings. The fourth-order valence-electron chi connectivity index (χ4n) is 1.97. The summed E-state index contributed by atoms with van der Waals surface area (Å²) in [4.78, 5) is 10.7. The molecule has 2 rings (SSSR count). The topological polar surface area (TPSA) is 103 Å². The second-order valence-corrected chi connectivity index (χ2v) is 5.07. The number of nitrogens with zero attached hydrogens (tertiary/aromatic N) is 4. The van der Waals surface area contributed by atoms with E-state index in [1.807, 2.05) is 0 Å². The molecule has 0 radical (unpaired) electrons. The fourth-order valence-corrected chi connectivity index (χ4v) is 2.16. The van der Waals surface area contributed by atoms with Gasteiger partial charge in [0.15, 0.2) is 0 Å². The lowest BCUT2D eigenvalue weighted by atomic mass is 10.1. The van der Waals surface area contributed by atoms with E-state index in [0.29, 0.717) is 21.8 Å². The number of halogens is 1. The van der Waals surface area contributed by atoms with Gasteiger partial charge in [0.25, 0.3) is 0 Å². The molecule has 0 saturated carbocycles. The van der Waals surface area contributed by atoms with Crippen LogP contribution in [0.4, 0.5) is 0 Å². The van der Waals surface area contributed by atoms with Crippen LogP contribution in [-0.4, -0.2) is 20.9 Å². The van der Waals surface area contributed by atoms with Crippen LogP contribution in [-0.2, 0) is 11.3 Å². The van der Waals surface area contributed by atoms with Gasteiger partial charge < -0.3 is 5.11 Å². The van der Waals surface area contributed by atoms with Crippen molar-refractivity contribution in [2.24, 2.45) is 0 Å². The number of allylic oxidation sites excluding steroid dienone is 1. The SMILES string of the molecule is N#CC(C#N)=Cc1cn(CCC(=O)O)nc1-c1cccc(Cl)c1. The minimum atomic E-state index is -0.934. The first-order valence-electron chi connectivity index (χ1n) is 6.60. The van der Waals surface area contributed by atoms with Gasteiger partial charge in [-0.25, -0.2) is 0 Å². The Hall–Kier alpha value is -3.09. The third-order valence-electron chi connectivity index (χ3n) is 2.98. The number of carboxylic acid groups (broad SMARTS) is 1. The average Bonchev–Trinajstić information content (AvgIpc) is 2.93. The molecule has 0 aliphatic carbocycles. The van der Waals surface area contributed by atoms with Gasteiger partial charge in [-0.2, -0.15) is 15.6 Å². The largest absolute Gasteiger partial charge is 0.481 e. The Kier molecular flexibility index (Phi) is 5.14. The zero-order valence-electron chi connectivity index (χ0n) is 11.9. The van der Waals surface area contributed by atoms with Crippen molar-refractivity contribution in [1.82, 2.24) is 9.78 Å². The van der Waals surface area contributed by atoms with Crippen molar-refractivity contribution in [3.05, 3.63) is 46.6 Å². The van der Waals surface area contributed by atoms with Gasteiger partial charge in [-0.05, 0) is 18.2 Å². The standard InChI is InChI=1S/C16H11ClN4O2/c17-14-3-1-2-12(7-14)16-13(6-11(8-18)9-19)10-21(20-16)5-4-15(22)23/h1-3,6-7,10H,4-5H2,(H,22,23). The first-order chi connectivity index (χ1) is 11.0. The summed E-state index contributed by atoms with van der Waals surface area (Å²) in [5.41, 5.74) is 1.73. The lowest BCUT2D eigenvalue weighted by Gasteiger charge is -2.00. The maximum atomic E-state index is 10.7. The van der Waals surface area contributed by atoms with Gasteiger partial charge in [0.1, 0.15) is 17.7 Å². The van der Waals surface area contributed by atoms with Crippen LogP contribution in [0.2, 0.25) is 5.02 Å². The molecular weight excluding hydrogens is 316 g/mol. The number of hydrogen-bond acceptors (Lipinski definition) is 4. The first kappa shape index (κ1) is 16.3. The van der Waals surface area contributed by atoms with Gasteiger partial charge in [-0.15, -0.1) is 0 Å². The van der Waals surface area contributed by atoms with Crippen LogP contribution in [0.15, 0.2) is 36.0 Å². The third-order valence-corrected chi connectivity index (χ3v) is 3.22. The van der Waals surface area contributed by atoms with Crippen LogP contribution in [0, 0.1) is 22.7 Å². The van der Waals surface area contributed by atoms with Gasteiger partial charge in [-0.1, -0.05) is 23.7 Å². The third kappa shape index (κ3) is 4.19. The average molecular weight is 327 g/mol. The number of nitriles is 2. The van der Waals surface area contributed by atoms with Crippen molar-refractivity contribution in [2.75, 3.05) is 0 Å². The molecule has 0 bridgehead atoms. The Bertz CT molecular complexity index is 840. The highest BCUT2D eigenvalue weighted by Crippen LogP contribution is 2.26. The quantitative estimate of drug-likeness (QED) is 0.850. The second kappa shape index (κ2) is 7.26. The van der Waals surface area contributed by atoms with Crippen molar-refractivity contribution in [3.8, 4) is 23.4 Å². The van der Waals surface area contributed by atoms with Crippen molar-refractivity contribution in [3.63, 3.8) is 0 Å². The van der Waals surface area contributed by atoms with E-state index in [2.05, 4.69) is 5.10 Å². The summed E-state index contributed by atoms with van der Waals surface area (Å²) < 4.78 is 1.47. The van der Waals surface area contributed by atoms with Crippen molar-refractivity contribution < 1.29 is 9.90 Å². The van der Waals surface area contributed by atoms with Crippen molar-refractivity contribution >= 4 is 23.6 Å². The van der Waals surface area contributed by atoms with E-state index in [9.17, 15) is 4.79 Å². The number of carboxylic acids is 1. The lowest BCUT2D eigenvalue weighted by molar-refractivity contribution is -0.137. The zero-order valence-corrected chi connectivity index (χ0v) is 12.7. The number of aromatic nitrogens is 2. The second-order valence-electron chi connectivity index (χ2n) is 4.63. The molecule has 0 aliphatic rings. The summed E-state index contributed by atoms with van der Waals surface area (Å²) in [6, 6.07) is 10.6. The smallest absolute Gasteiger partial charge is 0.305 e. The van der Waals surface area contributed by atoms with E-state index in [0.717, 1.165) is 0 Å². The summed E-state index contributed by atoms with van der Waals surface area (Å²) in [6.45, 7) is 0.186. The van der Waals surface area contributed by atoms with Gasteiger partial charge in [0.2, 0.25) is 0 Å². The van der Waals surface area contributed by atoms with Crippen LogP contribution in [0.3, 0.4) is 0 Å². The van der Waals surface area contributed by atoms with Crippen LogP contribution in [0.1, 0.15) is 12.0 Å². The van der Waals surface area contributed by atoms with E-state index >= 15 is 0 Å². The summed E-state index contributed by atoms with van der Waals surface area (Å²) in [6.07, 6.45) is 2.94. The number of benzene rings is 1. The van der Waals surface area contributed by atoms with E-state index in [4.69, 9.17) is 27.2 Å². The number of carbonyl (C=O) groups is 1. The highest BCUT2D eigenvalue weighted by atomic mass is 35.5. The molecule has 1 heterocycles. The maximum absolute atomic E-state index is 10.7. The van der Waals surface area contributed by atoms with Crippen LogP contribution in [0.5, 0.6) is 0 Å². The Labute approximate surface area is 137 Å². The van der Waals surface area contributed by atoms with Gasteiger partial charge in [0.05, 0.1) is 18.7 Å². The molecular formula is C16H11ClN4O2. The maximum Gasteiger partial charge on any atom is 0.305 e. The van der Waals surface area contributed by atoms with Crippen LogP contribution >= 0.6 is 11.6 Å². The van der Waals surface area contributed by atoms with Crippen molar-refractivity contribution in [1.29, 1.82) is 10.5 Å². The fraction of sp³-hybridized carbons (Fsp3) is 0.125. The molecule has 23 heavy (non-hydrogen) atoms. The molecule has 114 valence electrons. The molecule has 0 atom stereocenters. The van der Waals surface area contributed by atoms with E-state index in [1.54, 1.807) is 42.6 Å². The molecule has 0 saturated heterocycles. The predicted molar refractivity (Wildman–Crippen MR) is 84.1 cm³/mol. The minimum Gasteiger partial charge on any atom is -0.481 e. The molecule has 0 fully saturated rings. The number of aliphatic carboxylic acids is 1. The molecule has 6 nitrogen and oxygen atoms in total. The van der Waals surface area contributed by atoms with Crippen LogP contribution in [0.25, 0.3) is 17.3 Å². The summed E-state index contributed by atoms with van der Waals surface area (Å²) >= 11 is 5.98. The Morgan fingerprint density at radius 2 is 2.13 bits per heavy atom. The summed E-state index contributed by atoms with van der Waals surface area (Å²) in [7, 11) is 0. The first-order valence-corrected chi connectivity index (χ1v) is 6.98.